The highest BCUT2D eigenvalue weighted by atomic mass is 16.5. The van der Waals surface area contributed by atoms with Gasteiger partial charge in [0.15, 0.2) is 0 Å². The number of carbonyl (C=O) groups is 3. The number of ether oxygens (including phenoxy) is 1. The first-order valence-corrected chi connectivity index (χ1v) is 6.50. The summed E-state index contributed by atoms with van der Waals surface area (Å²) in [5, 5.41) is 0. The number of hydrogen-bond acceptors (Lipinski definition) is 4. The van der Waals surface area contributed by atoms with Crippen LogP contribution in [0.2, 0.25) is 0 Å². The number of imide groups is 1. The van der Waals surface area contributed by atoms with Crippen LogP contribution in [0.4, 0.5) is 5.69 Å². The summed E-state index contributed by atoms with van der Waals surface area (Å²) in [4.78, 5) is 37.3. The highest BCUT2D eigenvalue weighted by Crippen LogP contribution is 2.35. The number of anilines is 1. The number of methoxy groups -OCH3 is 1. The van der Waals surface area contributed by atoms with E-state index in [1.54, 1.807) is 24.3 Å². The van der Waals surface area contributed by atoms with Crippen molar-refractivity contribution >= 4 is 23.4 Å². The number of rotatable bonds is 3. The van der Waals surface area contributed by atoms with Crippen molar-refractivity contribution in [2.75, 3.05) is 12.0 Å². The molecule has 1 aliphatic rings. The smallest absolute Gasteiger partial charge is 0.266 e. The Bertz CT molecular complexity index is 779. The minimum Gasteiger partial charge on any atom is -0.495 e. The highest BCUT2D eigenvalue weighted by Gasteiger charge is 2.37. The fraction of sp³-hybridized carbons (Fsp3) is 0.0625. The molecule has 6 heteroatoms. The Labute approximate surface area is 126 Å². The van der Waals surface area contributed by atoms with Crippen molar-refractivity contribution < 1.29 is 19.1 Å². The third-order valence-corrected chi connectivity index (χ3v) is 3.50. The predicted octanol–water partition coefficient (Wildman–Crippen LogP) is 1.59. The van der Waals surface area contributed by atoms with Crippen molar-refractivity contribution in [3.63, 3.8) is 0 Å². The molecule has 3 amide bonds. The van der Waals surface area contributed by atoms with Gasteiger partial charge in [-0.1, -0.05) is 12.1 Å². The molecule has 3 rings (SSSR count). The van der Waals surface area contributed by atoms with Crippen LogP contribution < -0.4 is 15.4 Å². The van der Waals surface area contributed by atoms with E-state index in [-0.39, 0.29) is 11.3 Å². The molecule has 0 aliphatic carbocycles. The second-order valence-electron chi connectivity index (χ2n) is 4.74. The molecule has 0 bridgehead atoms. The molecule has 2 aromatic carbocycles. The van der Waals surface area contributed by atoms with Crippen LogP contribution in [0.1, 0.15) is 31.1 Å². The van der Waals surface area contributed by atoms with Gasteiger partial charge in [-0.05, 0) is 30.3 Å². The van der Waals surface area contributed by atoms with Gasteiger partial charge in [-0.25, -0.2) is 4.90 Å². The van der Waals surface area contributed by atoms with E-state index >= 15 is 0 Å². The van der Waals surface area contributed by atoms with Gasteiger partial charge in [0.05, 0.1) is 23.9 Å². The van der Waals surface area contributed by atoms with E-state index < -0.39 is 17.7 Å². The molecule has 0 unspecified atom stereocenters. The van der Waals surface area contributed by atoms with Crippen molar-refractivity contribution in [2.24, 2.45) is 5.73 Å². The van der Waals surface area contributed by atoms with Crippen LogP contribution >= 0.6 is 0 Å². The summed E-state index contributed by atoms with van der Waals surface area (Å²) in [5.74, 6) is -1.26. The average molecular weight is 296 g/mol. The van der Waals surface area contributed by atoms with E-state index in [0.717, 1.165) is 4.90 Å². The SMILES string of the molecule is COc1ccc(C(N)=O)cc1N1C(=O)c2ccccc2C1=O. The molecule has 0 fully saturated rings. The van der Waals surface area contributed by atoms with E-state index in [4.69, 9.17) is 10.5 Å². The quantitative estimate of drug-likeness (QED) is 0.871. The molecule has 110 valence electrons. The normalized spacial score (nSPS) is 13.2. The summed E-state index contributed by atoms with van der Waals surface area (Å²) in [5.41, 5.74) is 6.28. The van der Waals surface area contributed by atoms with Gasteiger partial charge in [-0.3, -0.25) is 14.4 Å². The van der Waals surface area contributed by atoms with Crippen LogP contribution in [0.25, 0.3) is 0 Å². The first-order chi connectivity index (χ1) is 10.5. The molecule has 2 N–H and O–H groups in total. The van der Waals surface area contributed by atoms with Gasteiger partial charge in [-0.15, -0.1) is 0 Å². The van der Waals surface area contributed by atoms with E-state index in [0.29, 0.717) is 16.9 Å². The van der Waals surface area contributed by atoms with Crippen molar-refractivity contribution in [3.8, 4) is 5.75 Å². The second-order valence-corrected chi connectivity index (χ2v) is 4.74. The highest BCUT2D eigenvalue weighted by molar-refractivity contribution is 6.35. The van der Waals surface area contributed by atoms with Crippen molar-refractivity contribution in [1.82, 2.24) is 0 Å². The lowest BCUT2D eigenvalue weighted by atomic mass is 10.1. The molecule has 1 heterocycles. The van der Waals surface area contributed by atoms with Crippen LogP contribution in [0.3, 0.4) is 0 Å². The van der Waals surface area contributed by atoms with Crippen molar-refractivity contribution in [3.05, 3.63) is 59.2 Å². The van der Waals surface area contributed by atoms with E-state index in [1.807, 2.05) is 0 Å². The Morgan fingerprint density at radius 1 is 1.05 bits per heavy atom. The van der Waals surface area contributed by atoms with Crippen LogP contribution in [0.15, 0.2) is 42.5 Å². The number of hydrogen-bond donors (Lipinski definition) is 1. The summed E-state index contributed by atoms with van der Waals surface area (Å²) < 4.78 is 5.19. The van der Waals surface area contributed by atoms with Crippen molar-refractivity contribution in [2.45, 2.75) is 0 Å². The first kappa shape index (κ1) is 13.8. The number of benzene rings is 2. The fourth-order valence-electron chi connectivity index (χ4n) is 2.43. The Morgan fingerprint density at radius 3 is 2.14 bits per heavy atom. The summed E-state index contributed by atoms with van der Waals surface area (Å²) >= 11 is 0. The van der Waals surface area contributed by atoms with Gasteiger partial charge in [0.25, 0.3) is 11.8 Å². The zero-order valence-corrected chi connectivity index (χ0v) is 11.7. The number of nitrogens with zero attached hydrogens (tertiary/aromatic N) is 1. The number of fused-ring (bicyclic) bond motifs is 1. The predicted molar refractivity (Wildman–Crippen MR) is 79.1 cm³/mol. The number of nitrogens with two attached hydrogens (primary N) is 1. The Balaban J connectivity index is 2.16. The summed E-state index contributed by atoms with van der Waals surface area (Å²) in [6, 6.07) is 10.9. The number of primary amides is 1. The summed E-state index contributed by atoms with van der Waals surface area (Å²) in [6.07, 6.45) is 0. The standard InChI is InChI=1S/C16H12N2O4/c1-22-13-7-6-9(14(17)19)8-12(13)18-15(20)10-4-2-3-5-11(10)16(18)21/h2-8H,1H3,(H2,17,19). The lowest BCUT2D eigenvalue weighted by molar-refractivity contribution is 0.0922. The largest absolute Gasteiger partial charge is 0.495 e. The van der Waals surface area contributed by atoms with Crippen molar-refractivity contribution in [1.29, 1.82) is 0 Å². The maximum atomic E-state index is 12.5. The van der Waals surface area contributed by atoms with Crippen LogP contribution in [0, 0.1) is 0 Å². The molecule has 6 nitrogen and oxygen atoms in total. The fourth-order valence-corrected chi connectivity index (χ4v) is 2.43. The molecule has 0 aromatic heterocycles. The average Bonchev–Trinajstić information content (AvgIpc) is 2.78. The number of amides is 3. The summed E-state index contributed by atoms with van der Waals surface area (Å²) in [7, 11) is 1.42. The van der Waals surface area contributed by atoms with Gasteiger partial charge in [0.2, 0.25) is 5.91 Å². The molecular formula is C16H12N2O4. The monoisotopic (exact) mass is 296 g/mol. The molecule has 22 heavy (non-hydrogen) atoms. The maximum absolute atomic E-state index is 12.5. The molecule has 0 spiro atoms. The maximum Gasteiger partial charge on any atom is 0.266 e. The Hall–Kier alpha value is -3.15. The summed E-state index contributed by atoms with van der Waals surface area (Å²) in [6.45, 7) is 0. The van der Waals surface area contributed by atoms with Gasteiger partial charge in [-0.2, -0.15) is 0 Å². The molecule has 0 saturated carbocycles. The first-order valence-electron chi connectivity index (χ1n) is 6.50. The second kappa shape index (κ2) is 5.00. The van der Waals surface area contributed by atoms with E-state index in [9.17, 15) is 14.4 Å². The molecule has 1 aliphatic heterocycles. The minimum atomic E-state index is -0.652. The third-order valence-electron chi connectivity index (χ3n) is 3.50. The molecular weight excluding hydrogens is 284 g/mol. The molecule has 2 aromatic rings. The molecule has 0 radical (unpaired) electrons. The van der Waals surface area contributed by atoms with Crippen LogP contribution in [-0.2, 0) is 0 Å². The van der Waals surface area contributed by atoms with Crippen LogP contribution in [-0.4, -0.2) is 24.8 Å². The number of carbonyl (C=O) groups excluding carboxylic acids is 3. The lowest BCUT2D eigenvalue weighted by Crippen LogP contribution is -2.30. The molecule has 0 saturated heterocycles. The van der Waals surface area contributed by atoms with Gasteiger partial charge >= 0.3 is 0 Å². The Morgan fingerprint density at radius 2 is 1.64 bits per heavy atom. The Kier molecular flexibility index (Phi) is 3.14. The van der Waals surface area contributed by atoms with Crippen LogP contribution in [0.5, 0.6) is 5.75 Å². The van der Waals surface area contributed by atoms with Gasteiger partial charge in [0.1, 0.15) is 5.75 Å². The minimum absolute atomic E-state index is 0.187. The molecule has 0 atom stereocenters. The zero-order chi connectivity index (χ0) is 15.9. The third kappa shape index (κ3) is 1.93. The lowest BCUT2D eigenvalue weighted by Gasteiger charge is -2.18. The van der Waals surface area contributed by atoms with Gasteiger partial charge in [0, 0.05) is 5.56 Å². The van der Waals surface area contributed by atoms with E-state index in [1.165, 1.54) is 25.3 Å². The zero-order valence-electron chi connectivity index (χ0n) is 11.7. The van der Waals surface area contributed by atoms with E-state index in [2.05, 4.69) is 0 Å². The van der Waals surface area contributed by atoms with Gasteiger partial charge < -0.3 is 10.5 Å². The topological polar surface area (TPSA) is 89.7 Å².